The number of ether oxygens (including phenoxy) is 5. The van der Waals surface area contributed by atoms with E-state index in [2.05, 4.69) is 88.5 Å². The van der Waals surface area contributed by atoms with Crippen LogP contribution in [0.5, 0.6) is 11.5 Å². The second-order valence-corrected chi connectivity index (χ2v) is 16.5. The summed E-state index contributed by atoms with van der Waals surface area (Å²) in [7, 11) is 5.04. The van der Waals surface area contributed by atoms with Crippen LogP contribution >= 0.6 is 58.0 Å². The molecule has 0 saturated carbocycles. The Morgan fingerprint density at radius 2 is 1.52 bits per heavy atom. The Balaban J connectivity index is 0.000000546. The van der Waals surface area contributed by atoms with Gasteiger partial charge >= 0.3 is 0 Å². The number of benzene rings is 4. The van der Waals surface area contributed by atoms with E-state index in [1.54, 1.807) is 47.8 Å². The number of methoxy groups -OCH3 is 2. The van der Waals surface area contributed by atoms with E-state index in [9.17, 15) is 0 Å². The number of hydrogen-bond acceptors (Lipinski definition) is 12. The second kappa shape index (κ2) is 22.4. The Labute approximate surface area is 346 Å². The molecular weight excluding hydrogens is 903 g/mol. The van der Waals surface area contributed by atoms with Gasteiger partial charge in [-0.3, -0.25) is 14.3 Å². The van der Waals surface area contributed by atoms with E-state index in [1.807, 2.05) is 71.0 Å². The monoisotopic (exact) mass is 946 g/mol. The first-order valence-corrected chi connectivity index (χ1v) is 22.5. The highest BCUT2D eigenvalue weighted by atomic mass is 127. The van der Waals surface area contributed by atoms with Gasteiger partial charge in [-0.15, -0.1) is 0 Å². The van der Waals surface area contributed by atoms with Crippen LogP contribution in [0, 0.1) is 0 Å². The Hall–Kier alpha value is -3.12. The van der Waals surface area contributed by atoms with E-state index in [4.69, 9.17) is 28.8 Å². The van der Waals surface area contributed by atoms with Gasteiger partial charge in [0.2, 0.25) is 5.90 Å². The first-order valence-electron chi connectivity index (χ1n) is 17.3. The smallest absolute Gasteiger partial charge is 0.211 e. The van der Waals surface area contributed by atoms with Gasteiger partial charge in [-0.05, 0) is 98.6 Å². The molecule has 2 aliphatic heterocycles. The minimum Gasteiger partial charge on any atom is -0.497 e. The van der Waals surface area contributed by atoms with Crippen LogP contribution in [0.15, 0.2) is 123 Å². The standard InChI is InChI=1S/C33H37IN4O5S2.C7H7BrO/c1-39-28-12-8-26(9-13-28)33(25-6-4-3-5-7-25,27-10-14-29(40-2)15-11-27)42-21-30-16-17-32(43-30)45-38-23-35-20-31(37-22-36-24-38)41-18-19-44-34;8-7-4-2-1-3-6(7)5-9/h3-15,22-23,30,32H,16-21,24H2,1-2H3;1-4,9H,5H2/b35-23?,36-22-,37-31?;/t30-,32-;/m0./s1. The summed E-state index contributed by atoms with van der Waals surface area (Å²) in [5.41, 5.74) is 3.00. The van der Waals surface area contributed by atoms with Crippen molar-refractivity contribution < 1.29 is 28.8 Å². The molecule has 2 heterocycles. The number of halogens is 2. The zero-order valence-corrected chi connectivity index (χ0v) is 35.5. The number of aliphatic hydroxyl groups excluding tert-OH is 1. The van der Waals surface area contributed by atoms with E-state index in [1.165, 1.54) is 0 Å². The first kappa shape index (κ1) is 42.0. The number of nitrogens with zero attached hydrogens (tertiary/aromatic N) is 4. The molecule has 0 unspecified atom stereocenters. The minimum atomic E-state index is -0.883. The highest BCUT2D eigenvalue weighted by Gasteiger charge is 2.39. The fourth-order valence-corrected chi connectivity index (χ4v) is 7.89. The molecule has 4 aromatic rings. The van der Waals surface area contributed by atoms with Crippen LogP contribution in [0.25, 0.3) is 0 Å². The number of aliphatic imine (C=N–C) groups is 3. The lowest BCUT2D eigenvalue weighted by Crippen LogP contribution is -2.35. The molecule has 0 amide bonds. The molecule has 1 saturated heterocycles. The van der Waals surface area contributed by atoms with Gasteiger partial charge in [0.1, 0.15) is 42.1 Å². The maximum Gasteiger partial charge on any atom is 0.211 e. The summed E-state index contributed by atoms with van der Waals surface area (Å²) >= 11 is 7.14. The van der Waals surface area contributed by atoms with Gasteiger partial charge in [-0.2, -0.15) is 0 Å². The molecule has 286 valence electrons. The van der Waals surface area contributed by atoms with Crippen molar-refractivity contribution in [2.24, 2.45) is 15.0 Å². The van der Waals surface area contributed by atoms with Gasteiger partial charge in [0, 0.05) is 10.2 Å². The molecule has 1 N–H and O–H groups in total. The van der Waals surface area contributed by atoms with Crippen LogP contribution in [-0.4, -0.2) is 85.9 Å². The third kappa shape index (κ3) is 11.9. The molecule has 0 aromatic heterocycles. The topological polar surface area (TPSA) is 107 Å². The van der Waals surface area contributed by atoms with Gasteiger partial charge < -0.3 is 28.8 Å². The number of rotatable bonds is 14. The fourth-order valence-electron chi connectivity index (χ4n) is 5.79. The van der Waals surface area contributed by atoms with Crippen molar-refractivity contribution in [2.45, 2.75) is 36.6 Å². The van der Waals surface area contributed by atoms with Crippen molar-refractivity contribution in [3.8, 4) is 11.5 Å². The Morgan fingerprint density at radius 1 is 0.870 bits per heavy atom. The third-order valence-electron chi connectivity index (χ3n) is 8.48. The minimum absolute atomic E-state index is 0.0496. The van der Waals surface area contributed by atoms with Gasteiger partial charge in [0.05, 0.1) is 46.5 Å². The van der Waals surface area contributed by atoms with Gasteiger partial charge in [0.25, 0.3) is 0 Å². The maximum absolute atomic E-state index is 8.69. The van der Waals surface area contributed by atoms with Crippen LogP contribution in [-0.2, 0) is 26.4 Å². The number of hydrogen-bond donors (Lipinski definition) is 1. The van der Waals surface area contributed by atoms with Crippen molar-refractivity contribution in [3.05, 3.63) is 130 Å². The normalized spacial score (nSPS) is 17.6. The van der Waals surface area contributed by atoms with E-state index < -0.39 is 5.60 Å². The summed E-state index contributed by atoms with van der Waals surface area (Å²) in [6, 6.07) is 34.1. The summed E-state index contributed by atoms with van der Waals surface area (Å²) in [6.45, 7) is 1.88. The summed E-state index contributed by atoms with van der Waals surface area (Å²) in [6.07, 6.45) is 5.01. The fraction of sp³-hybridized carbons (Fsp3) is 0.325. The molecule has 0 spiro atoms. The number of aliphatic hydroxyl groups is 1. The molecule has 0 aliphatic carbocycles. The second-order valence-electron chi connectivity index (χ2n) is 11.9. The largest absolute Gasteiger partial charge is 0.497 e. The van der Waals surface area contributed by atoms with E-state index >= 15 is 0 Å². The van der Waals surface area contributed by atoms with E-state index in [0.717, 1.165) is 56.8 Å². The van der Waals surface area contributed by atoms with Crippen molar-refractivity contribution in [2.75, 3.05) is 46.4 Å². The summed E-state index contributed by atoms with van der Waals surface area (Å²) in [5, 5.41) is 8.69. The quantitative estimate of drug-likeness (QED) is 0.0575. The average Bonchev–Trinajstić information content (AvgIpc) is 3.71. The van der Waals surface area contributed by atoms with Gasteiger partial charge in [-0.25, -0.2) is 4.99 Å². The van der Waals surface area contributed by atoms with Crippen LogP contribution in [0.4, 0.5) is 0 Å². The summed E-state index contributed by atoms with van der Waals surface area (Å²) < 4.78 is 33.2. The Kier molecular flexibility index (Phi) is 17.5. The zero-order valence-electron chi connectivity index (χ0n) is 30.1. The van der Waals surface area contributed by atoms with Gasteiger partial charge in [0.15, 0.2) is 0 Å². The predicted octanol–water partition coefficient (Wildman–Crippen LogP) is 8.94. The molecule has 10 nitrogen and oxygen atoms in total. The molecule has 4 aromatic carbocycles. The van der Waals surface area contributed by atoms with Crippen LogP contribution in [0.3, 0.4) is 0 Å². The molecule has 6 rings (SSSR count). The molecule has 0 bridgehead atoms. The van der Waals surface area contributed by atoms with E-state index in [0.29, 0.717) is 32.3 Å². The predicted molar refractivity (Wildman–Crippen MR) is 232 cm³/mol. The summed E-state index contributed by atoms with van der Waals surface area (Å²) in [4.78, 5) is 13.3. The molecule has 1 fully saturated rings. The van der Waals surface area contributed by atoms with Crippen molar-refractivity contribution in [1.29, 1.82) is 0 Å². The van der Waals surface area contributed by atoms with Crippen molar-refractivity contribution in [3.63, 3.8) is 0 Å². The van der Waals surface area contributed by atoms with Crippen LogP contribution in [0.2, 0.25) is 0 Å². The molecule has 14 heteroatoms. The molecule has 2 aliphatic rings. The lowest BCUT2D eigenvalue weighted by Gasteiger charge is -2.37. The maximum atomic E-state index is 8.69. The molecular formula is C40H44BrIN4O6S2. The van der Waals surface area contributed by atoms with Crippen molar-refractivity contribution in [1.82, 2.24) is 4.31 Å². The lowest BCUT2D eigenvalue weighted by atomic mass is 9.80. The Morgan fingerprint density at radius 3 is 2.13 bits per heavy atom. The first-order chi connectivity index (χ1) is 26.5. The summed E-state index contributed by atoms with van der Waals surface area (Å²) in [5.74, 6) is 3.02. The van der Waals surface area contributed by atoms with Crippen LogP contribution in [0.1, 0.15) is 35.1 Å². The lowest BCUT2D eigenvalue weighted by molar-refractivity contribution is -0.0499. The highest BCUT2D eigenvalue weighted by molar-refractivity contribution is 14.2. The van der Waals surface area contributed by atoms with Crippen molar-refractivity contribution >= 4 is 76.6 Å². The molecule has 0 radical (unpaired) electrons. The zero-order chi connectivity index (χ0) is 38.0. The van der Waals surface area contributed by atoms with Crippen LogP contribution < -0.4 is 9.47 Å². The highest BCUT2D eigenvalue weighted by Crippen LogP contribution is 2.42. The van der Waals surface area contributed by atoms with E-state index in [-0.39, 0.29) is 18.1 Å². The average molecular weight is 948 g/mol. The molecule has 54 heavy (non-hydrogen) atoms. The SMILES string of the molecule is COc1ccc(C(OC[C@@H]2CC[C@H](SN3C=NCC(OCCSI)=N/C=N\C3)O2)(c2ccccc2)c2ccc(OC)cc2)cc1.OCc1ccccc1Br. The third-order valence-corrected chi connectivity index (χ3v) is 12.0. The molecule has 2 atom stereocenters. The Bertz CT molecular complexity index is 1760. The van der Waals surface area contributed by atoms with Gasteiger partial charge in [-0.1, -0.05) is 97.7 Å².